The van der Waals surface area contributed by atoms with Gasteiger partial charge in [0.25, 0.3) is 11.7 Å². The highest BCUT2D eigenvalue weighted by atomic mass is 16.3. The van der Waals surface area contributed by atoms with E-state index in [4.69, 9.17) is 0 Å². The molecule has 2 aromatic heterocycles. The Morgan fingerprint density at radius 2 is 1.79 bits per heavy atom. The molecule has 6 nitrogen and oxygen atoms in total. The van der Waals surface area contributed by atoms with Gasteiger partial charge in [-0.1, -0.05) is 54.1 Å². The third kappa shape index (κ3) is 3.69. The van der Waals surface area contributed by atoms with Crippen molar-refractivity contribution in [3.63, 3.8) is 0 Å². The topological polar surface area (TPSA) is 86.3 Å². The van der Waals surface area contributed by atoms with E-state index in [1.54, 1.807) is 30.5 Å². The first-order chi connectivity index (χ1) is 16.0. The third-order valence-corrected chi connectivity index (χ3v) is 6.13. The average Bonchev–Trinajstić information content (AvgIpc) is 3.37. The first kappa shape index (κ1) is 20.7. The predicted octanol–water partition coefficient (Wildman–Crippen LogP) is 4.54. The van der Waals surface area contributed by atoms with E-state index < -0.39 is 17.7 Å². The number of H-pyrrole nitrogens is 1. The number of aromatic nitrogens is 2. The summed E-state index contributed by atoms with van der Waals surface area (Å²) in [5.74, 6) is -1.50. The average molecular weight is 437 g/mol. The number of hydrogen-bond acceptors (Lipinski definition) is 4. The molecule has 1 atom stereocenters. The lowest BCUT2D eigenvalue weighted by molar-refractivity contribution is -0.139. The molecule has 1 aliphatic rings. The second-order valence-electron chi connectivity index (χ2n) is 8.22. The third-order valence-electron chi connectivity index (χ3n) is 6.13. The summed E-state index contributed by atoms with van der Waals surface area (Å²) in [4.78, 5) is 35.4. The number of para-hydroxylation sites is 1. The summed E-state index contributed by atoms with van der Waals surface area (Å²) in [7, 11) is 0. The molecular weight excluding hydrogens is 414 g/mol. The van der Waals surface area contributed by atoms with Crippen LogP contribution in [-0.4, -0.2) is 38.2 Å². The van der Waals surface area contributed by atoms with Crippen molar-refractivity contribution in [1.29, 1.82) is 0 Å². The number of rotatable bonds is 5. The number of benzene rings is 2. The van der Waals surface area contributed by atoms with Crippen LogP contribution in [0.1, 0.15) is 28.4 Å². The van der Waals surface area contributed by atoms with Gasteiger partial charge in [-0.05, 0) is 37.1 Å². The van der Waals surface area contributed by atoms with Gasteiger partial charge < -0.3 is 15.0 Å². The van der Waals surface area contributed by atoms with Crippen LogP contribution >= 0.6 is 0 Å². The minimum absolute atomic E-state index is 0.0708. The molecule has 2 N–H and O–H groups in total. The summed E-state index contributed by atoms with van der Waals surface area (Å²) in [6.07, 6.45) is 4.12. The highest BCUT2D eigenvalue weighted by molar-refractivity contribution is 6.46. The Kier molecular flexibility index (Phi) is 5.26. The van der Waals surface area contributed by atoms with Gasteiger partial charge >= 0.3 is 0 Å². The number of amides is 1. The number of fused-ring (bicyclic) bond motifs is 1. The van der Waals surface area contributed by atoms with E-state index >= 15 is 0 Å². The van der Waals surface area contributed by atoms with Crippen molar-refractivity contribution in [2.24, 2.45) is 0 Å². The van der Waals surface area contributed by atoms with Crippen molar-refractivity contribution < 1.29 is 14.7 Å². The van der Waals surface area contributed by atoms with E-state index in [-0.39, 0.29) is 11.3 Å². The molecule has 1 fully saturated rings. The van der Waals surface area contributed by atoms with Gasteiger partial charge in [0, 0.05) is 35.4 Å². The molecule has 1 saturated heterocycles. The second-order valence-corrected chi connectivity index (χ2v) is 8.22. The lowest BCUT2D eigenvalue weighted by Gasteiger charge is -2.24. The number of carbonyl (C=O) groups excluding carboxylic acids is 2. The Hall–Kier alpha value is -4.19. The van der Waals surface area contributed by atoms with Crippen molar-refractivity contribution >= 4 is 28.4 Å². The number of likely N-dealkylation sites (tertiary alicyclic amines) is 1. The summed E-state index contributed by atoms with van der Waals surface area (Å²) >= 11 is 0. The van der Waals surface area contributed by atoms with Gasteiger partial charge in [0.1, 0.15) is 11.8 Å². The number of aromatic amines is 1. The SMILES string of the molecule is Cc1ccc(C(O)=C2C(=O)C(=O)N(CCc3c[nH]c4ccccc34)[C@@H]2c2ccccn2)cc1. The van der Waals surface area contributed by atoms with E-state index in [1.807, 2.05) is 55.6 Å². The minimum atomic E-state index is -0.752. The number of Topliss-reactive ketones (excluding diaryl/α,β-unsaturated/α-hetero) is 1. The lowest BCUT2D eigenvalue weighted by atomic mass is 9.98. The zero-order chi connectivity index (χ0) is 22.9. The molecule has 0 aliphatic carbocycles. The fourth-order valence-corrected chi connectivity index (χ4v) is 4.40. The smallest absolute Gasteiger partial charge is 0.295 e. The standard InChI is InChI=1S/C27H23N3O3/c1-17-9-11-18(12-10-17)25(31)23-24(22-8-4-5-14-28-22)30(27(33)26(23)32)15-13-19-16-29-21-7-3-2-6-20(19)21/h2-12,14,16,24,29,31H,13,15H2,1H3/t24-/m1/s1. The van der Waals surface area contributed by atoms with Crippen molar-refractivity contribution in [2.45, 2.75) is 19.4 Å². The van der Waals surface area contributed by atoms with Crippen molar-refractivity contribution in [1.82, 2.24) is 14.9 Å². The number of hydrogen-bond donors (Lipinski definition) is 2. The monoisotopic (exact) mass is 437 g/mol. The number of aliphatic hydroxyl groups is 1. The summed E-state index contributed by atoms with van der Waals surface area (Å²) < 4.78 is 0. The Labute approximate surface area is 191 Å². The number of pyridine rings is 1. The minimum Gasteiger partial charge on any atom is -0.507 e. The van der Waals surface area contributed by atoms with Gasteiger partial charge in [-0.2, -0.15) is 0 Å². The van der Waals surface area contributed by atoms with Crippen LogP contribution in [0.5, 0.6) is 0 Å². The number of nitrogens with one attached hydrogen (secondary N) is 1. The molecule has 5 rings (SSSR count). The van der Waals surface area contributed by atoms with Gasteiger partial charge in [-0.15, -0.1) is 0 Å². The molecule has 4 aromatic rings. The fraction of sp³-hybridized carbons (Fsp3) is 0.148. The first-order valence-electron chi connectivity index (χ1n) is 10.9. The Morgan fingerprint density at radius 1 is 1.03 bits per heavy atom. The fourth-order valence-electron chi connectivity index (χ4n) is 4.40. The van der Waals surface area contributed by atoms with Crippen molar-refractivity contribution in [3.05, 3.63) is 107 Å². The predicted molar refractivity (Wildman–Crippen MR) is 126 cm³/mol. The number of aliphatic hydroxyl groups excluding tert-OH is 1. The van der Waals surface area contributed by atoms with Gasteiger partial charge in [-0.3, -0.25) is 14.6 Å². The molecule has 1 amide bonds. The molecule has 2 aromatic carbocycles. The summed E-state index contributed by atoms with van der Waals surface area (Å²) in [6.45, 7) is 2.26. The van der Waals surface area contributed by atoms with E-state index in [2.05, 4.69) is 9.97 Å². The van der Waals surface area contributed by atoms with Gasteiger partial charge in [-0.25, -0.2) is 0 Å². The van der Waals surface area contributed by atoms with Crippen molar-refractivity contribution in [3.8, 4) is 0 Å². The molecule has 0 saturated carbocycles. The number of nitrogens with zero attached hydrogens (tertiary/aromatic N) is 2. The second kappa shape index (κ2) is 8.39. The maximum Gasteiger partial charge on any atom is 0.295 e. The van der Waals surface area contributed by atoms with Crippen LogP contribution in [0, 0.1) is 6.92 Å². The molecule has 0 unspecified atom stereocenters. The van der Waals surface area contributed by atoms with E-state index in [9.17, 15) is 14.7 Å². The van der Waals surface area contributed by atoms with Crippen LogP contribution in [-0.2, 0) is 16.0 Å². The maximum atomic E-state index is 13.1. The van der Waals surface area contributed by atoms with Crippen LogP contribution in [0.2, 0.25) is 0 Å². The maximum absolute atomic E-state index is 13.1. The molecule has 164 valence electrons. The van der Waals surface area contributed by atoms with Crippen molar-refractivity contribution in [2.75, 3.05) is 6.54 Å². The lowest BCUT2D eigenvalue weighted by Crippen LogP contribution is -2.32. The normalized spacial score (nSPS) is 17.7. The number of carbonyl (C=O) groups is 2. The van der Waals surface area contributed by atoms with Crippen LogP contribution in [0.4, 0.5) is 0 Å². The molecule has 0 spiro atoms. The summed E-state index contributed by atoms with van der Waals surface area (Å²) in [5.41, 5.74) is 4.23. The molecule has 6 heteroatoms. The number of aryl methyl sites for hydroxylation is 1. The Bertz CT molecular complexity index is 1370. The Balaban J connectivity index is 1.55. The summed E-state index contributed by atoms with van der Waals surface area (Å²) in [6, 6.07) is 19.8. The zero-order valence-electron chi connectivity index (χ0n) is 18.2. The molecule has 0 radical (unpaired) electrons. The number of ketones is 1. The largest absolute Gasteiger partial charge is 0.507 e. The van der Waals surface area contributed by atoms with Crippen LogP contribution in [0.25, 0.3) is 16.7 Å². The molecule has 0 bridgehead atoms. The zero-order valence-corrected chi connectivity index (χ0v) is 18.2. The van der Waals surface area contributed by atoms with E-state index in [1.165, 1.54) is 4.90 Å². The van der Waals surface area contributed by atoms with Crippen LogP contribution < -0.4 is 0 Å². The first-order valence-corrected chi connectivity index (χ1v) is 10.9. The highest BCUT2D eigenvalue weighted by Crippen LogP contribution is 2.38. The van der Waals surface area contributed by atoms with E-state index in [0.717, 1.165) is 22.0 Å². The molecule has 1 aliphatic heterocycles. The molecule has 3 heterocycles. The highest BCUT2D eigenvalue weighted by Gasteiger charge is 2.46. The van der Waals surface area contributed by atoms with E-state index in [0.29, 0.717) is 24.2 Å². The Morgan fingerprint density at radius 3 is 2.55 bits per heavy atom. The molecule has 33 heavy (non-hydrogen) atoms. The summed E-state index contributed by atoms with van der Waals surface area (Å²) in [5, 5.41) is 12.2. The van der Waals surface area contributed by atoms with Crippen LogP contribution in [0.3, 0.4) is 0 Å². The molecular formula is C27H23N3O3. The van der Waals surface area contributed by atoms with Gasteiger partial charge in [0.15, 0.2) is 0 Å². The van der Waals surface area contributed by atoms with Crippen LogP contribution in [0.15, 0.2) is 84.7 Å². The van der Waals surface area contributed by atoms with Gasteiger partial charge in [0.05, 0.1) is 11.3 Å². The van der Waals surface area contributed by atoms with Gasteiger partial charge in [0.2, 0.25) is 0 Å². The quantitative estimate of drug-likeness (QED) is 0.273.